The van der Waals surface area contributed by atoms with Gasteiger partial charge in [-0.25, -0.2) is 4.79 Å². The summed E-state index contributed by atoms with van der Waals surface area (Å²) in [6.45, 7) is 5.21. The second-order valence-corrected chi connectivity index (χ2v) is 14.9. The zero-order valence-corrected chi connectivity index (χ0v) is 31.8. The van der Waals surface area contributed by atoms with Gasteiger partial charge < -0.3 is 24.6 Å². The van der Waals surface area contributed by atoms with Crippen LogP contribution in [-0.2, 0) is 35.6 Å². The van der Waals surface area contributed by atoms with E-state index in [2.05, 4.69) is 16.3 Å². The molecule has 2 N–H and O–H groups in total. The molecule has 0 fully saturated rings. The van der Waals surface area contributed by atoms with Gasteiger partial charge in [0.05, 0.1) is 27.7 Å². The number of carbonyl (C=O) groups is 2. The Hall–Kier alpha value is -5.53. The van der Waals surface area contributed by atoms with Gasteiger partial charge in [0.15, 0.2) is 17.6 Å². The fraction of sp³-hybridized carbons (Fsp3) is 0.250. The predicted octanol–water partition coefficient (Wildman–Crippen LogP) is 8.57. The Morgan fingerprint density at radius 3 is 2.22 bits per heavy atom. The Labute approximate surface area is 330 Å². The first-order valence-electron chi connectivity index (χ1n) is 18.0. The first-order chi connectivity index (χ1) is 26.5. The number of carboxylic acid groups (broad SMARTS) is 1. The number of halogens is 2. The van der Waals surface area contributed by atoms with Crippen molar-refractivity contribution in [3.05, 3.63) is 147 Å². The Morgan fingerprint density at radius 1 is 0.891 bits per heavy atom. The number of nitrogens with zero attached hydrogens (tertiary/aromatic N) is 2. The van der Waals surface area contributed by atoms with Crippen molar-refractivity contribution < 1.29 is 28.9 Å². The molecule has 2 aliphatic rings. The summed E-state index contributed by atoms with van der Waals surface area (Å²) >= 11 is 12.2. The molecule has 2 heterocycles. The van der Waals surface area contributed by atoms with Crippen LogP contribution in [-0.4, -0.2) is 46.6 Å². The smallest absolute Gasteiger partial charge is 0.326 e. The summed E-state index contributed by atoms with van der Waals surface area (Å²) in [5.74, 6) is 0.522. The molecule has 0 bridgehead atoms. The first-order valence-corrected chi connectivity index (χ1v) is 18.8. The molecular formula is C44H39Cl2N3O6. The number of ether oxygens (including phenoxy) is 3. The van der Waals surface area contributed by atoms with Crippen molar-refractivity contribution >= 4 is 35.1 Å². The molecule has 2 aliphatic heterocycles. The maximum Gasteiger partial charge on any atom is 0.326 e. The van der Waals surface area contributed by atoms with Gasteiger partial charge >= 0.3 is 5.97 Å². The molecule has 7 rings (SSSR count). The van der Waals surface area contributed by atoms with Crippen LogP contribution < -0.4 is 19.5 Å². The zero-order chi connectivity index (χ0) is 38.6. The summed E-state index contributed by atoms with van der Waals surface area (Å²) in [6, 6.07) is 32.4. The minimum absolute atomic E-state index is 0.0142. The number of hydrogen-bond donors (Lipinski definition) is 2. The number of nitrogens with one attached hydrogen (secondary N) is 1. The van der Waals surface area contributed by atoms with E-state index in [0.717, 1.165) is 38.9 Å². The van der Waals surface area contributed by atoms with Crippen LogP contribution >= 0.6 is 23.2 Å². The molecule has 0 aliphatic carbocycles. The van der Waals surface area contributed by atoms with E-state index in [9.17, 15) is 14.7 Å². The maximum atomic E-state index is 13.9. The molecule has 280 valence electrons. The topological polar surface area (TPSA) is 121 Å². The lowest BCUT2D eigenvalue weighted by Crippen LogP contribution is -2.56. The van der Waals surface area contributed by atoms with E-state index in [-0.39, 0.29) is 24.5 Å². The monoisotopic (exact) mass is 775 g/mol. The average molecular weight is 777 g/mol. The molecule has 5 aromatic rings. The second-order valence-electron chi connectivity index (χ2n) is 14.1. The highest BCUT2D eigenvalue weighted by atomic mass is 35.5. The highest BCUT2D eigenvalue weighted by Crippen LogP contribution is 2.41. The van der Waals surface area contributed by atoms with Crippen LogP contribution in [0.5, 0.6) is 17.2 Å². The molecule has 9 nitrogen and oxygen atoms in total. The largest absolute Gasteiger partial charge is 0.489 e. The molecule has 0 spiro atoms. The second kappa shape index (κ2) is 16.5. The maximum absolute atomic E-state index is 13.9. The van der Waals surface area contributed by atoms with Crippen LogP contribution in [0.2, 0.25) is 10.0 Å². The zero-order valence-electron chi connectivity index (χ0n) is 30.3. The van der Waals surface area contributed by atoms with Crippen molar-refractivity contribution in [2.24, 2.45) is 0 Å². The lowest BCUT2D eigenvalue weighted by molar-refractivity contribution is -0.143. The van der Waals surface area contributed by atoms with Gasteiger partial charge in [0, 0.05) is 19.0 Å². The van der Waals surface area contributed by atoms with Crippen LogP contribution in [0.25, 0.3) is 11.1 Å². The predicted molar refractivity (Wildman–Crippen MR) is 211 cm³/mol. The Kier molecular flexibility index (Phi) is 11.3. The van der Waals surface area contributed by atoms with Gasteiger partial charge in [-0.2, -0.15) is 5.26 Å². The molecule has 0 radical (unpaired) electrons. The van der Waals surface area contributed by atoms with Gasteiger partial charge in [0.25, 0.3) is 0 Å². The molecule has 0 aromatic heterocycles. The summed E-state index contributed by atoms with van der Waals surface area (Å²) in [7, 11) is 0. The molecule has 11 heteroatoms. The van der Waals surface area contributed by atoms with Crippen molar-refractivity contribution in [2.75, 3.05) is 6.61 Å². The summed E-state index contributed by atoms with van der Waals surface area (Å²) < 4.78 is 18.6. The summed E-state index contributed by atoms with van der Waals surface area (Å²) in [5, 5.41) is 23.0. The van der Waals surface area contributed by atoms with E-state index in [1.165, 1.54) is 0 Å². The van der Waals surface area contributed by atoms with Crippen LogP contribution in [0.4, 0.5) is 0 Å². The van der Waals surface area contributed by atoms with Crippen LogP contribution in [0.1, 0.15) is 53.3 Å². The third kappa shape index (κ3) is 8.73. The highest BCUT2D eigenvalue weighted by Gasteiger charge is 2.36. The fourth-order valence-electron chi connectivity index (χ4n) is 6.97. The van der Waals surface area contributed by atoms with Crippen molar-refractivity contribution in [3.8, 4) is 34.4 Å². The summed E-state index contributed by atoms with van der Waals surface area (Å²) in [6.07, 6.45) is 0.209. The minimum atomic E-state index is -1.11. The number of rotatable bonds is 11. The van der Waals surface area contributed by atoms with Gasteiger partial charge in [-0.05, 0) is 108 Å². The van der Waals surface area contributed by atoms with E-state index < -0.39 is 18.1 Å². The third-order valence-electron chi connectivity index (χ3n) is 10.1. The van der Waals surface area contributed by atoms with Gasteiger partial charge in [-0.1, -0.05) is 77.8 Å². The number of nitriles is 1. The number of carboxylic acids is 1. The number of benzene rings is 5. The van der Waals surface area contributed by atoms with E-state index in [0.29, 0.717) is 59.0 Å². The summed E-state index contributed by atoms with van der Waals surface area (Å²) in [5.41, 5.74) is 7.12. The van der Waals surface area contributed by atoms with Gasteiger partial charge in [-0.15, -0.1) is 0 Å². The molecule has 1 amide bonds. The van der Waals surface area contributed by atoms with E-state index in [1.807, 2.05) is 92.7 Å². The van der Waals surface area contributed by atoms with Crippen molar-refractivity contribution in [1.29, 1.82) is 5.26 Å². The van der Waals surface area contributed by atoms with Crippen molar-refractivity contribution in [3.63, 3.8) is 0 Å². The normalized spacial score (nSPS) is 16.8. The Bertz CT molecular complexity index is 2240. The van der Waals surface area contributed by atoms with E-state index in [4.69, 9.17) is 42.7 Å². The van der Waals surface area contributed by atoms with Crippen molar-refractivity contribution in [2.45, 2.75) is 64.1 Å². The van der Waals surface area contributed by atoms with E-state index in [1.54, 1.807) is 24.3 Å². The van der Waals surface area contributed by atoms with Crippen LogP contribution in [0.15, 0.2) is 103 Å². The van der Waals surface area contributed by atoms with Gasteiger partial charge in [-0.3, -0.25) is 9.69 Å². The lowest BCUT2D eigenvalue weighted by atomic mass is 9.91. The standard InChI is InChI=1S/C44H39Cl2N3O6/c1-26(2)49-23-34-21-41-40(54-25-42(55-41)32-12-14-35(15-13-32)53-24-29-7-16-36(45)37(46)17-29)20-33(34)19-39(49)43(50)48-38(44(51)52)18-27-3-8-30(9-4-27)31-10-5-28(22-47)6-11-31/h3-17,20-21,26,38-39,42H,18-19,23-25H2,1-2H3,(H,48,50)(H,51,52)/t38-,39-,42?/m0/s1. The minimum Gasteiger partial charge on any atom is -0.489 e. The molecular weight excluding hydrogens is 737 g/mol. The van der Waals surface area contributed by atoms with E-state index >= 15 is 0 Å². The molecule has 5 aromatic carbocycles. The number of carbonyl (C=O) groups excluding carboxylic acids is 1. The third-order valence-corrected chi connectivity index (χ3v) is 10.8. The lowest BCUT2D eigenvalue weighted by Gasteiger charge is -2.39. The highest BCUT2D eigenvalue weighted by molar-refractivity contribution is 6.42. The van der Waals surface area contributed by atoms with Gasteiger partial charge in [0.2, 0.25) is 5.91 Å². The number of amides is 1. The van der Waals surface area contributed by atoms with Crippen LogP contribution in [0, 0.1) is 11.3 Å². The first kappa shape index (κ1) is 37.8. The molecule has 1 unspecified atom stereocenters. The SMILES string of the molecule is CC(C)N1Cc2cc3c(cc2C[C@H]1C(=O)N[C@@H](Cc1ccc(-c2ccc(C#N)cc2)cc1)C(=O)O)OCC(c1ccc(OCc2ccc(Cl)c(Cl)c2)cc1)O3. The van der Waals surface area contributed by atoms with Crippen molar-refractivity contribution in [1.82, 2.24) is 10.2 Å². The molecule has 0 saturated carbocycles. The van der Waals surface area contributed by atoms with Gasteiger partial charge in [0.1, 0.15) is 25.0 Å². The fourth-order valence-corrected chi connectivity index (χ4v) is 7.29. The number of hydrogen-bond acceptors (Lipinski definition) is 7. The molecule has 55 heavy (non-hydrogen) atoms. The quantitative estimate of drug-likeness (QED) is 0.137. The average Bonchev–Trinajstić information content (AvgIpc) is 3.20. The molecule has 0 saturated heterocycles. The number of fused-ring (bicyclic) bond motifs is 2. The Morgan fingerprint density at radius 2 is 1.56 bits per heavy atom. The number of aliphatic carboxylic acids is 1. The molecule has 3 atom stereocenters. The van der Waals surface area contributed by atoms with Crippen LogP contribution in [0.3, 0.4) is 0 Å². The Balaban J connectivity index is 0.994. The summed E-state index contributed by atoms with van der Waals surface area (Å²) in [4.78, 5) is 28.3.